The van der Waals surface area contributed by atoms with Gasteiger partial charge in [0.1, 0.15) is 6.54 Å². The van der Waals surface area contributed by atoms with Crippen molar-refractivity contribution in [3.05, 3.63) is 120 Å². The quantitative estimate of drug-likeness (QED) is 0.280. The standard InChI is InChI=1S/C28H26N2O3S2/c1-22-9-8-10-25(19-22)30(35(32,33)27-13-6-3-7-14-27)20-28(31)29-24-17-15-23(16-18-24)21-34-26-11-4-2-5-12-26/h2-19H,20-21H2,1H3,(H,29,31). The number of rotatable bonds is 9. The number of anilines is 2. The molecule has 0 aromatic heterocycles. The second kappa shape index (κ2) is 11.3. The van der Waals surface area contributed by atoms with E-state index in [0.717, 1.165) is 21.2 Å². The van der Waals surface area contributed by atoms with Crippen LogP contribution in [0.15, 0.2) is 119 Å². The molecule has 0 fully saturated rings. The second-order valence-corrected chi connectivity index (χ2v) is 10.9. The minimum Gasteiger partial charge on any atom is -0.325 e. The van der Waals surface area contributed by atoms with Gasteiger partial charge in [-0.2, -0.15) is 0 Å². The highest BCUT2D eigenvalue weighted by Crippen LogP contribution is 2.25. The third kappa shape index (κ3) is 6.53. The number of thioether (sulfide) groups is 1. The topological polar surface area (TPSA) is 66.5 Å². The lowest BCUT2D eigenvalue weighted by Crippen LogP contribution is -2.38. The SMILES string of the molecule is Cc1cccc(N(CC(=O)Nc2ccc(CSc3ccccc3)cc2)S(=O)(=O)c2ccccc2)c1. The van der Waals surface area contributed by atoms with Gasteiger partial charge in [-0.25, -0.2) is 8.42 Å². The number of amides is 1. The van der Waals surface area contributed by atoms with Crippen molar-refractivity contribution in [2.45, 2.75) is 22.5 Å². The van der Waals surface area contributed by atoms with Crippen LogP contribution in [0.5, 0.6) is 0 Å². The lowest BCUT2D eigenvalue weighted by Gasteiger charge is -2.24. The van der Waals surface area contributed by atoms with Crippen LogP contribution in [0.1, 0.15) is 11.1 Å². The molecule has 35 heavy (non-hydrogen) atoms. The fourth-order valence-corrected chi connectivity index (χ4v) is 5.83. The highest BCUT2D eigenvalue weighted by Gasteiger charge is 2.27. The van der Waals surface area contributed by atoms with E-state index in [4.69, 9.17) is 0 Å². The normalized spacial score (nSPS) is 11.1. The van der Waals surface area contributed by atoms with Crippen LogP contribution < -0.4 is 9.62 Å². The molecule has 0 saturated heterocycles. The van der Waals surface area contributed by atoms with E-state index < -0.39 is 15.9 Å². The van der Waals surface area contributed by atoms with Crippen LogP contribution in [0.3, 0.4) is 0 Å². The number of hydrogen-bond donors (Lipinski definition) is 1. The number of benzene rings is 4. The van der Waals surface area contributed by atoms with Gasteiger partial charge in [0.05, 0.1) is 10.6 Å². The Kier molecular flexibility index (Phi) is 7.90. The number of sulfonamides is 1. The van der Waals surface area contributed by atoms with Crippen LogP contribution in [0.2, 0.25) is 0 Å². The third-order valence-corrected chi connectivity index (χ3v) is 8.17. The molecule has 4 aromatic carbocycles. The van der Waals surface area contributed by atoms with Crippen molar-refractivity contribution in [3.8, 4) is 0 Å². The summed E-state index contributed by atoms with van der Waals surface area (Å²) in [7, 11) is -3.93. The second-order valence-electron chi connectivity index (χ2n) is 8.01. The first-order valence-corrected chi connectivity index (χ1v) is 13.6. The third-order valence-electron chi connectivity index (χ3n) is 5.29. The summed E-state index contributed by atoms with van der Waals surface area (Å²) >= 11 is 1.74. The molecule has 0 aliphatic heterocycles. The Labute approximate surface area is 210 Å². The summed E-state index contributed by atoms with van der Waals surface area (Å²) in [6.07, 6.45) is 0. The zero-order valence-electron chi connectivity index (χ0n) is 19.3. The van der Waals surface area contributed by atoms with Crippen molar-refractivity contribution in [1.82, 2.24) is 0 Å². The average Bonchev–Trinajstić information content (AvgIpc) is 2.88. The molecule has 0 bridgehead atoms. The van der Waals surface area contributed by atoms with Gasteiger partial charge in [0.2, 0.25) is 5.91 Å². The van der Waals surface area contributed by atoms with Gasteiger partial charge in [0.15, 0.2) is 0 Å². The van der Waals surface area contributed by atoms with Crippen molar-refractivity contribution in [2.75, 3.05) is 16.2 Å². The molecular formula is C28H26N2O3S2. The summed E-state index contributed by atoms with van der Waals surface area (Å²) in [5, 5.41) is 2.83. The van der Waals surface area contributed by atoms with E-state index in [0.29, 0.717) is 11.4 Å². The van der Waals surface area contributed by atoms with Gasteiger partial charge in [0.25, 0.3) is 10.0 Å². The number of carbonyl (C=O) groups excluding carboxylic acids is 1. The lowest BCUT2D eigenvalue weighted by atomic mass is 10.2. The van der Waals surface area contributed by atoms with Crippen molar-refractivity contribution < 1.29 is 13.2 Å². The van der Waals surface area contributed by atoms with Crippen LogP contribution in [-0.4, -0.2) is 20.9 Å². The Bertz CT molecular complexity index is 1370. The molecule has 0 atom stereocenters. The highest BCUT2D eigenvalue weighted by atomic mass is 32.2. The maximum Gasteiger partial charge on any atom is 0.264 e. The van der Waals surface area contributed by atoms with E-state index in [1.54, 1.807) is 48.2 Å². The minimum atomic E-state index is -3.93. The molecule has 0 aliphatic rings. The predicted molar refractivity (Wildman–Crippen MR) is 143 cm³/mol. The maximum atomic E-state index is 13.4. The molecule has 5 nitrogen and oxygen atoms in total. The van der Waals surface area contributed by atoms with E-state index in [9.17, 15) is 13.2 Å². The molecule has 4 aromatic rings. The molecule has 0 radical (unpaired) electrons. The summed E-state index contributed by atoms with van der Waals surface area (Å²) in [5.74, 6) is 0.395. The summed E-state index contributed by atoms with van der Waals surface area (Å²) in [6, 6.07) is 33.0. The summed E-state index contributed by atoms with van der Waals surface area (Å²) in [5.41, 5.74) is 3.09. The zero-order chi connectivity index (χ0) is 24.7. The molecule has 7 heteroatoms. The fraction of sp³-hybridized carbons (Fsp3) is 0.107. The first-order valence-electron chi connectivity index (χ1n) is 11.1. The number of nitrogens with one attached hydrogen (secondary N) is 1. The van der Waals surface area contributed by atoms with Gasteiger partial charge in [-0.15, -0.1) is 11.8 Å². The Morgan fingerprint density at radius 3 is 2.14 bits per heavy atom. The number of aryl methyl sites for hydroxylation is 1. The van der Waals surface area contributed by atoms with E-state index in [1.165, 1.54) is 17.0 Å². The molecular weight excluding hydrogens is 476 g/mol. The lowest BCUT2D eigenvalue weighted by molar-refractivity contribution is -0.114. The Balaban J connectivity index is 1.47. The molecule has 1 amide bonds. The monoisotopic (exact) mass is 502 g/mol. The molecule has 0 heterocycles. The first kappa shape index (κ1) is 24.6. The Morgan fingerprint density at radius 2 is 1.49 bits per heavy atom. The van der Waals surface area contributed by atoms with E-state index >= 15 is 0 Å². The van der Waals surface area contributed by atoms with Gasteiger partial charge in [0, 0.05) is 16.3 Å². The van der Waals surface area contributed by atoms with Gasteiger partial charge in [-0.1, -0.05) is 60.7 Å². The molecule has 0 spiro atoms. The zero-order valence-corrected chi connectivity index (χ0v) is 20.9. The van der Waals surface area contributed by atoms with Crippen LogP contribution >= 0.6 is 11.8 Å². The van der Waals surface area contributed by atoms with Crippen LogP contribution in [-0.2, 0) is 20.6 Å². The van der Waals surface area contributed by atoms with Crippen molar-refractivity contribution in [2.24, 2.45) is 0 Å². The molecule has 0 aliphatic carbocycles. The predicted octanol–water partition coefficient (Wildman–Crippen LogP) is 6.12. The maximum absolute atomic E-state index is 13.4. The van der Waals surface area contributed by atoms with Crippen LogP contribution in [0.4, 0.5) is 11.4 Å². The van der Waals surface area contributed by atoms with Gasteiger partial charge >= 0.3 is 0 Å². The largest absolute Gasteiger partial charge is 0.325 e. The molecule has 0 unspecified atom stereocenters. The summed E-state index contributed by atoms with van der Waals surface area (Å²) in [6.45, 7) is 1.54. The highest BCUT2D eigenvalue weighted by molar-refractivity contribution is 7.98. The van der Waals surface area contributed by atoms with Crippen LogP contribution in [0, 0.1) is 6.92 Å². The minimum absolute atomic E-state index is 0.134. The van der Waals surface area contributed by atoms with Gasteiger partial charge in [-0.3, -0.25) is 9.10 Å². The van der Waals surface area contributed by atoms with Crippen LogP contribution in [0.25, 0.3) is 0 Å². The van der Waals surface area contributed by atoms with Gasteiger partial charge in [-0.05, 0) is 66.6 Å². The van der Waals surface area contributed by atoms with Crippen molar-refractivity contribution in [1.29, 1.82) is 0 Å². The fourth-order valence-electron chi connectivity index (χ4n) is 3.52. The smallest absolute Gasteiger partial charge is 0.264 e. The summed E-state index contributed by atoms with van der Waals surface area (Å²) < 4.78 is 28.0. The number of hydrogen-bond acceptors (Lipinski definition) is 4. The average molecular weight is 503 g/mol. The first-order chi connectivity index (χ1) is 16.9. The molecule has 0 saturated carbocycles. The van der Waals surface area contributed by atoms with Crippen molar-refractivity contribution in [3.63, 3.8) is 0 Å². The summed E-state index contributed by atoms with van der Waals surface area (Å²) in [4.78, 5) is 14.3. The molecule has 178 valence electrons. The van der Waals surface area contributed by atoms with Gasteiger partial charge < -0.3 is 5.32 Å². The molecule has 4 rings (SSSR count). The number of nitrogens with zero attached hydrogens (tertiary/aromatic N) is 1. The van der Waals surface area contributed by atoms with E-state index in [1.807, 2.05) is 55.5 Å². The number of carbonyl (C=O) groups is 1. The van der Waals surface area contributed by atoms with Crippen molar-refractivity contribution >= 4 is 39.1 Å². The Morgan fingerprint density at radius 1 is 0.829 bits per heavy atom. The van der Waals surface area contributed by atoms with E-state index in [-0.39, 0.29) is 11.4 Å². The van der Waals surface area contributed by atoms with E-state index in [2.05, 4.69) is 17.4 Å². The molecule has 1 N–H and O–H groups in total. The Hall–Kier alpha value is -3.55.